The van der Waals surface area contributed by atoms with Gasteiger partial charge < -0.3 is 10.6 Å². The third kappa shape index (κ3) is 4.43. The van der Waals surface area contributed by atoms with E-state index in [-0.39, 0.29) is 11.3 Å². The number of nitro groups is 1. The Hall–Kier alpha value is -1.64. The van der Waals surface area contributed by atoms with Crippen molar-refractivity contribution in [3.05, 3.63) is 33.9 Å². The van der Waals surface area contributed by atoms with Crippen molar-refractivity contribution in [2.75, 3.05) is 45.5 Å². The first-order chi connectivity index (χ1) is 10.6. The van der Waals surface area contributed by atoms with Gasteiger partial charge in [0.05, 0.1) is 4.92 Å². The molecule has 1 fully saturated rings. The van der Waals surface area contributed by atoms with E-state index in [2.05, 4.69) is 15.5 Å². The molecule has 1 saturated heterocycles. The molecular weight excluding hydrogens is 304 g/mol. The average molecular weight is 324 g/mol. The van der Waals surface area contributed by atoms with Crippen LogP contribution in [0, 0.1) is 10.1 Å². The molecule has 0 saturated carbocycles. The lowest BCUT2D eigenvalue weighted by molar-refractivity contribution is -0.385. The molecular formula is C14H20N4O3S. The van der Waals surface area contributed by atoms with Crippen molar-refractivity contribution in [3.8, 4) is 0 Å². The summed E-state index contributed by atoms with van der Waals surface area (Å²) in [6.07, 6.45) is 1.87. The van der Waals surface area contributed by atoms with Gasteiger partial charge in [-0.1, -0.05) is 0 Å². The summed E-state index contributed by atoms with van der Waals surface area (Å²) >= 11 is 1.45. The van der Waals surface area contributed by atoms with Crippen molar-refractivity contribution in [1.29, 1.82) is 0 Å². The Labute approximate surface area is 133 Å². The molecule has 1 aliphatic heterocycles. The first-order valence-corrected chi connectivity index (χ1v) is 8.38. The van der Waals surface area contributed by atoms with Gasteiger partial charge in [0.1, 0.15) is 5.56 Å². The van der Waals surface area contributed by atoms with Crippen molar-refractivity contribution in [2.24, 2.45) is 0 Å². The Morgan fingerprint density at radius 3 is 2.82 bits per heavy atom. The highest BCUT2D eigenvalue weighted by atomic mass is 32.2. The Kier molecular flexibility index (Phi) is 6.17. The second-order valence-electron chi connectivity index (χ2n) is 4.99. The quantitative estimate of drug-likeness (QED) is 0.460. The molecule has 0 spiro atoms. The Bertz CT molecular complexity index is 547. The molecule has 22 heavy (non-hydrogen) atoms. The highest BCUT2D eigenvalue weighted by Gasteiger charge is 2.20. The number of piperazine rings is 1. The predicted molar refractivity (Wildman–Crippen MR) is 86.5 cm³/mol. The maximum absolute atomic E-state index is 12.2. The van der Waals surface area contributed by atoms with E-state index >= 15 is 0 Å². The molecule has 8 heteroatoms. The number of hydrogen-bond donors (Lipinski definition) is 2. The van der Waals surface area contributed by atoms with Crippen LogP contribution in [0.4, 0.5) is 5.69 Å². The summed E-state index contributed by atoms with van der Waals surface area (Å²) in [6, 6.07) is 4.61. The number of carbonyl (C=O) groups is 1. The van der Waals surface area contributed by atoms with E-state index in [4.69, 9.17) is 0 Å². The molecule has 1 aromatic carbocycles. The number of thioether (sulfide) groups is 1. The van der Waals surface area contributed by atoms with Gasteiger partial charge in [0, 0.05) is 50.2 Å². The van der Waals surface area contributed by atoms with E-state index in [1.54, 1.807) is 12.1 Å². The lowest BCUT2D eigenvalue weighted by atomic mass is 10.1. The zero-order valence-electron chi connectivity index (χ0n) is 12.5. The standard InChI is InChI=1S/C14H20N4O3S/c1-22-11-2-3-13(18(20)21)12(10-11)14(19)16-6-9-17-7-4-15-5-8-17/h2-3,10,15H,4-9H2,1H3,(H,16,19). The van der Waals surface area contributed by atoms with Crippen LogP contribution < -0.4 is 10.6 Å². The highest BCUT2D eigenvalue weighted by molar-refractivity contribution is 7.98. The minimum absolute atomic E-state index is 0.122. The minimum Gasteiger partial charge on any atom is -0.351 e. The number of rotatable bonds is 6. The van der Waals surface area contributed by atoms with Crippen molar-refractivity contribution in [2.45, 2.75) is 4.90 Å². The zero-order valence-corrected chi connectivity index (χ0v) is 13.3. The fraction of sp³-hybridized carbons (Fsp3) is 0.500. The lowest BCUT2D eigenvalue weighted by Crippen LogP contribution is -2.46. The topological polar surface area (TPSA) is 87.5 Å². The second-order valence-corrected chi connectivity index (χ2v) is 5.87. The summed E-state index contributed by atoms with van der Waals surface area (Å²) in [5.74, 6) is -0.391. The van der Waals surface area contributed by atoms with Crippen LogP contribution in [-0.4, -0.2) is 61.3 Å². The summed E-state index contributed by atoms with van der Waals surface area (Å²) in [7, 11) is 0. The molecule has 0 radical (unpaired) electrons. The lowest BCUT2D eigenvalue weighted by Gasteiger charge is -2.27. The molecule has 1 heterocycles. The first-order valence-electron chi connectivity index (χ1n) is 7.15. The third-order valence-electron chi connectivity index (χ3n) is 3.57. The number of carbonyl (C=O) groups excluding carboxylic acids is 1. The van der Waals surface area contributed by atoms with Crippen LogP contribution in [0.5, 0.6) is 0 Å². The average Bonchev–Trinajstić information content (AvgIpc) is 2.55. The largest absolute Gasteiger partial charge is 0.351 e. The molecule has 1 aliphatic rings. The minimum atomic E-state index is -0.519. The number of hydrogen-bond acceptors (Lipinski definition) is 6. The number of nitro benzene ring substituents is 1. The summed E-state index contributed by atoms with van der Waals surface area (Å²) in [6.45, 7) is 5.06. The number of nitrogens with one attached hydrogen (secondary N) is 2. The summed E-state index contributed by atoms with van der Waals surface area (Å²) < 4.78 is 0. The SMILES string of the molecule is CSc1ccc([N+](=O)[O-])c(C(=O)NCCN2CCNCC2)c1. The smallest absolute Gasteiger partial charge is 0.282 e. The molecule has 2 N–H and O–H groups in total. The molecule has 7 nitrogen and oxygen atoms in total. The van der Waals surface area contributed by atoms with Gasteiger partial charge in [-0.3, -0.25) is 19.8 Å². The van der Waals surface area contributed by atoms with Crippen molar-refractivity contribution < 1.29 is 9.72 Å². The van der Waals surface area contributed by atoms with Crippen molar-refractivity contribution >= 4 is 23.4 Å². The van der Waals surface area contributed by atoms with Gasteiger partial charge in [-0.15, -0.1) is 11.8 Å². The van der Waals surface area contributed by atoms with E-state index in [1.165, 1.54) is 17.8 Å². The van der Waals surface area contributed by atoms with E-state index in [9.17, 15) is 14.9 Å². The second kappa shape index (κ2) is 8.11. The van der Waals surface area contributed by atoms with Gasteiger partial charge in [0.15, 0.2) is 0 Å². The van der Waals surface area contributed by atoms with Crippen LogP contribution in [0.3, 0.4) is 0 Å². The van der Waals surface area contributed by atoms with Crippen LogP contribution in [0.2, 0.25) is 0 Å². The molecule has 0 bridgehead atoms. The fourth-order valence-electron chi connectivity index (χ4n) is 2.34. The summed E-state index contributed by atoms with van der Waals surface area (Å²) in [4.78, 5) is 25.8. The zero-order chi connectivity index (χ0) is 15.9. The monoisotopic (exact) mass is 324 g/mol. The fourth-order valence-corrected chi connectivity index (χ4v) is 2.78. The number of amides is 1. The van der Waals surface area contributed by atoms with Crippen LogP contribution in [0.15, 0.2) is 23.1 Å². The Morgan fingerprint density at radius 1 is 1.45 bits per heavy atom. The van der Waals surface area contributed by atoms with E-state index < -0.39 is 10.8 Å². The van der Waals surface area contributed by atoms with E-state index in [1.807, 2.05) is 6.26 Å². The third-order valence-corrected chi connectivity index (χ3v) is 4.29. The van der Waals surface area contributed by atoms with Crippen LogP contribution in [0.1, 0.15) is 10.4 Å². The Balaban J connectivity index is 1.97. The van der Waals surface area contributed by atoms with Gasteiger partial charge in [0.25, 0.3) is 11.6 Å². The van der Waals surface area contributed by atoms with Gasteiger partial charge in [-0.25, -0.2) is 0 Å². The Morgan fingerprint density at radius 2 is 2.18 bits per heavy atom. The van der Waals surface area contributed by atoms with Gasteiger partial charge in [-0.05, 0) is 18.4 Å². The maximum Gasteiger partial charge on any atom is 0.282 e. The summed E-state index contributed by atoms with van der Waals surface area (Å²) in [5, 5.41) is 17.1. The van der Waals surface area contributed by atoms with Crippen LogP contribution in [0.25, 0.3) is 0 Å². The first kappa shape index (κ1) is 16.7. The van der Waals surface area contributed by atoms with Crippen LogP contribution >= 0.6 is 11.8 Å². The summed E-state index contributed by atoms with van der Waals surface area (Å²) in [5.41, 5.74) is -0.0327. The molecule has 2 rings (SSSR count). The molecule has 1 amide bonds. The van der Waals surface area contributed by atoms with E-state index in [0.717, 1.165) is 37.6 Å². The maximum atomic E-state index is 12.2. The van der Waals surface area contributed by atoms with Crippen molar-refractivity contribution in [3.63, 3.8) is 0 Å². The molecule has 120 valence electrons. The molecule has 0 aromatic heterocycles. The van der Waals surface area contributed by atoms with Gasteiger partial charge in [0.2, 0.25) is 0 Å². The normalized spacial score (nSPS) is 15.5. The number of benzene rings is 1. The van der Waals surface area contributed by atoms with Gasteiger partial charge in [-0.2, -0.15) is 0 Å². The molecule has 0 atom stereocenters. The molecule has 0 unspecified atom stereocenters. The molecule has 0 aliphatic carbocycles. The van der Waals surface area contributed by atoms with Crippen LogP contribution in [-0.2, 0) is 0 Å². The van der Waals surface area contributed by atoms with Crippen molar-refractivity contribution in [1.82, 2.24) is 15.5 Å². The van der Waals surface area contributed by atoms with E-state index in [0.29, 0.717) is 6.54 Å². The van der Waals surface area contributed by atoms with Gasteiger partial charge >= 0.3 is 0 Å². The number of nitrogens with zero attached hydrogens (tertiary/aromatic N) is 2. The predicted octanol–water partition coefficient (Wildman–Crippen LogP) is 0.952. The molecule has 1 aromatic rings. The highest BCUT2D eigenvalue weighted by Crippen LogP contribution is 2.24.